The molecule has 0 atom stereocenters. The first-order valence-corrected chi connectivity index (χ1v) is 5.87. The summed E-state index contributed by atoms with van der Waals surface area (Å²) < 4.78 is 0. The van der Waals surface area contributed by atoms with Crippen molar-refractivity contribution in [2.24, 2.45) is 0 Å². The third-order valence-electron chi connectivity index (χ3n) is 2.01. The lowest BCUT2D eigenvalue weighted by Crippen LogP contribution is -2.19. The molecule has 0 amide bonds. The largest absolute Gasteiger partial charge is 0.0919 e. The number of rotatable bonds is 2. The Balaban J connectivity index is 3.22. The summed E-state index contributed by atoms with van der Waals surface area (Å²) in [6.45, 7) is 4.25. The molecule has 0 bridgehead atoms. The smallest absolute Gasteiger partial charge is 0.0630 e. The lowest BCUT2D eigenvalue weighted by molar-refractivity contribution is 0.607. The number of halogens is 3. The van der Waals surface area contributed by atoms with Gasteiger partial charge in [-0.3, -0.25) is 0 Å². The van der Waals surface area contributed by atoms with E-state index in [0.29, 0.717) is 10.0 Å². The van der Waals surface area contributed by atoms with Crippen LogP contribution < -0.4 is 0 Å². The molecule has 72 valence electrons. The summed E-state index contributed by atoms with van der Waals surface area (Å²) in [6.07, 6.45) is 0. The van der Waals surface area contributed by atoms with Gasteiger partial charge in [0.1, 0.15) is 0 Å². The first-order valence-electron chi connectivity index (χ1n) is 3.99. The highest BCUT2D eigenvalue weighted by Gasteiger charge is 2.22. The molecule has 0 fully saturated rings. The molecule has 0 saturated carbocycles. The summed E-state index contributed by atoms with van der Waals surface area (Å²) in [6, 6.07) is 5.74. The molecule has 1 aromatic rings. The van der Waals surface area contributed by atoms with E-state index < -0.39 is 0 Å². The predicted molar refractivity (Wildman–Crippen MR) is 63.3 cm³/mol. The highest BCUT2D eigenvalue weighted by atomic mass is 79.9. The zero-order valence-corrected chi connectivity index (χ0v) is 10.7. The van der Waals surface area contributed by atoms with E-state index in [4.69, 9.17) is 23.2 Å². The molecule has 0 unspecified atom stereocenters. The summed E-state index contributed by atoms with van der Waals surface area (Å²) in [7, 11) is 0. The molecule has 0 nitrogen and oxygen atoms in total. The van der Waals surface area contributed by atoms with Crippen LogP contribution in [0.2, 0.25) is 10.0 Å². The van der Waals surface area contributed by atoms with Gasteiger partial charge in [-0.15, -0.1) is 0 Å². The van der Waals surface area contributed by atoms with E-state index in [1.807, 2.05) is 12.1 Å². The molecule has 1 rings (SSSR count). The van der Waals surface area contributed by atoms with Gasteiger partial charge in [0.25, 0.3) is 0 Å². The Kier molecular flexibility index (Phi) is 3.67. The molecule has 0 aliphatic rings. The summed E-state index contributed by atoms with van der Waals surface area (Å²) in [5.74, 6) is 0. The van der Waals surface area contributed by atoms with Gasteiger partial charge in [0, 0.05) is 10.7 Å². The minimum Gasteiger partial charge on any atom is -0.0919 e. The van der Waals surface area contributed by atoms with E-state index in [-0.39, 0.29) is 5.41 Å². The van der Waals surface area contributed by atoms with Crippen molar-refractivity contribution in [2.75, 3.05) is 5.33 Å². The Morgan fingerprint density at radius 2 is 1.92 bits per heavy atom. The molecule has 0 heterocycles. The van der Waals surface area contributed by atoms with Crippen LogP contribution in [-0.4, -0.2) is 5.33 Å². The Morgan fingerprint density at radius 1 is 1.31 bits per heavy atom. The van der Waals surface area contributed by atoms with E-state index in [2.05, 4.69) is 29.8 Å². The highest BCUT2D eigenvalue weighted by molar-refractivity contribution is 9.09. The fraction of sp³-hybridized carbons (Fsp3) is 0.400. The van der Waals surface area contributed by atoms with Crippen LogP contribution in [0.5, 0.6) is 0 Å². The van der Waals surface area contributed by atoms with Crippen molar-refractivity contribution in [1.29, 1.82) is 0 Å². The molecule has 0 aromatic heterocycles. The van der Waals surface area contributed by atoms with Crippen molar-refractivity contribution < 1.29 is 0 Å². The van der Waals surface area contributed by atoms with Crippen LogP contribution in [0.25, 0.3) is 0 Å². The molecule has 13 heavy (non-hydrogen) atoms. The number of benzene rings is 1. The SMILES string of the molecule is CC(C)(CBr)c1cccc(Cl)c1Cl. The average molecular weight is 282 g/mol. The van der Waals surface area contributed by atoms with Crippen molar-refractivity contribution in [3.8, 4) is 0 Å². The first-order chi connectivity index (χ1) is 5.99. The number of hydrogen-bond acceptors (Lipinski definition) is 0. The van der Waals surface area contributed by atoms with E-state index in [9.17, 15) is 0 Å². The number of alkyl halides is 1. The van der Waals surface area contributed by atoms with Gasteiger partial charge in [0.05, 0.1) is 10.0 Å². The van der Waals surface area contributed by atoms with E-state index in [1.54, 1.807) is 6.07 Å². The third kappa shape index (κ3) is 2.39. The van der Waals surface area contributed by atoms with Gasteiger partial charge < -0.3 is 0 Å². The second-order valence-corrected chi connectivity index (χ2v) is 4.96. The van der Waals surface area contributed by atoms with Gasteiger partial charge in [0.2, 0.25) is 0 Å². The van der Waals surface area contributed by atoms with Crippen LogP contribution in [0.15, 0.2) is 18.2 Å². The Bertz CT molecular complexity index is 308. The zero-order valence-electron chi connectivity index (χ0n) is 7.57. The molecule has 1 aromatic carbocycles. The molecular formula is C10H11BrCl2. The van der Waals surface area contributed by atoms with E-state index >= 15 is 0 Å². The third-order valence-corrected chi connectivity index (χ3v) is 4.24. The summed E-state index contributed by atoms with van der Waals surface area (Å²) in [5.41, 5.74) is 1.10. The summed E-state index contributed by atoms with van der Waals surface area (Å²) in [4.78, 5) is 0. The van der Waals surface area contributed by atoms with Crippen LogP contribution in [0.1, 0.15) is 19.4 Å². The molecule has 0 saturated heterocycles. The molecule has 0 spiro atoms. The van der Waals surface area contributed by atoms with Crippen LogP contribution in [-0.2, 0) is 5.41 Å². The Morgan fingerprint density at radius 3 is 2.46 bits per heavy atom. The molecule has 0 aliphatic carbocycles. The van der Waals surface area contributed by atoms with E-state index in [0.717, 1.165) is 10.9 Å². The fourth-order valence-electron chi connectivity index (χ4n) is 1.10. The van der Waals surface area contributed by atoms with Crippen molar-refractivity contribution in [3.05, 3.63) is 33.8 Å². The standard InChI is InChI=1S/C10H11BrCl2/c1-10(2,6-11)7-4-3-5-8(12)9(7)13/h3-5H,6H2,1-2H3. The van der Waals surface area contributed by atoms with Crippen LogP contribution in [0.4, 0.5) is 0 Å². The maximum Gasteiger partial charge on any atom is 0.0630 e. The van der Waals surface area contributed by atoms with Gasteiger partial charge in [-0.1, -0.05) is 65.1 Å². The van der Waals surface area contributed by atoms with Crippen molar-refractivity contribution in [3.63, 3.8) is 0 Å². The minimum absolute atomic E-state index is 0.0159. The van der Waals surface area contributed by atoms with Gasteiger partial charge in [-0.2, -0.15) is 0 Å². The van der Waals surface area contributed by atoms with E-state index in [1.165, 1.54) is 0 Å². The first kappa shape index (κ1) is 11.4. The van der Waals surface area contributed by atoms with Crippen molar-refractivity contribution in [2.45, 2.75) is 19.3 Å². The van der Waals surface area contributed by atoms with Crippen LogP contribution >= 0.6 is 39.1 Å². The monoisotopic (exact) mass is 280 g/mol. The molecule has 0 aliphatic heterocycles. The summed E-state index contributed by atoms with van der Waals surface area (Å²) >= 11 is 15.5. The second kappa shape index (κ2) is 4.20. The maximum atomic E-state index is 6.10. The lowest BCUT2D eigenvalue weighted by Gasteiger charge is -2.23. The van der Waals surface area contributed by atoms with Crippen LogP contribution in [0, 0.1) is 0 Å². The van der Waals surface area contributed by atoms with Crippen molar-refractivity contribution in [1.82, 2.24) is 0 Å². The van der Waals surface area contributed by atoms with Gasteiger partial charge in [0.15, 0.2) is 0 Å². The Labute approximate surface area is 97.4 Å². The van der Waals surface area contributed by atoms with Gasteiger partial charge >= 0.3 is 0 Å². The van der Waals surface area contributed by atoms with Gasteiger partial charge in [-0.25, -0.2) is 0 Å². The number of hydrogen-bond donors (Lipinski definition) is 0. The summed E-state index contributed by atoms with van der Waals surface area (Å²) in [5, 5.41) is 2.14. The molecule has 3 heteroatoms. The quantitative estimate of drug-likeness (QED) is 0.692. The highest BCUT2D eigenvalue weighted by Crippen LogP contribution is 2.35. The van der Waals surface area contributed by atoms with Gasteiger partial charge in [-0.05, 0) is 11.6 Å². The average Bonchev–Trinajstić information content (AvgIpc) is 2.09. The second-order valence-electron chi connectivity index (χ2n) is 3.62. The predicted octanol–water partition coefficient (Wildman–Crippen LogP) is 4.67. The molecular weight excluding hydrogens is 271 g/mol. The lowest BCUT2D eigenvalue weighted by atomic mass is 9.87. The maximum absolute atomic E-state index is 6.10. The molecule has 0 N–H and O–H groups in total. The minimum atomic E-state index is 0.0159. The topological polar surface area (TPSA) is 0 Å². The molecule has 0 radical (unpaired) electrons. The van der Waals surface area contributed by atoms with Crippen LogP contribution in [0.3, 0.4) is 0 Å². The fourth-order valence-corrected chi connectivity index (χ4v) is 1.96. The zero-order chi connectivity index (χ0) is 10.1. The van der Waals surface area contributed by atoms with Crippen molar-refractivity contribution >= 4 is 39.1 Å². The Hall–Kier alpha value is 0.280. The normalized spacial score (nSPS) is 11.8.